The highest BCUT2D eigenvalue weighted by molar-refractivity contribution is 6.42. The number of piperidine rings is 1. The largest absolute Gasteiger partial charge is 0.373 e. The molecule has 0 bridgehead atoms. The molecule has 2 amide bonds. The van der Waals surface area contributed by atoms with Gasteiger partial charge in [-0.25, -0.2) is 0 Å². The normalized spacial score (nSPS) is 14.1. The summed E-state index contributed by atoms with van der Waals surface area (Å²) in [4.78, 5) is 25.7. The van der Waals surface area contributed by atoms with Gasteiger partial charge in [0.25, 0.3) is 5.91 Å². The summed E-state index contributed by atoms with van der Waals surface area (Å²) in [5.74, 6) is -0.112. The summed E-state index contributed by atoms with van der Waals surface area (Å²) in [6, 6.07) is 21.0. The maximum absolute atomic E-state index is 12.7. The summed E-state index contributed by atoms with van der Waals surface area (Å²) >= 11 is 12.0. The van der Waals surface area contributed by atoms with Crippen molar-refractivity contribution in [2.75, 3.05) is 18.4 Å². The first-order valence-corrected chi connectivity index (χ1v) is 12.0. The summed E-state index contributed by atoms with van der Waals surface area (Å²) in [6.45, 7) is 3.33. The van der Waals surface area contributed by atoms with Crippen LogP contribution in [0, 0.1) is 0 Å². The molecule has 0 spiro atoms. The number of nitrogens with zero attached hydrogens (tertiary/aromatic N) is 1. The Morgan fingerprint density at radius 1 is 0.912 bits per heavy atom. The quantitative estimate of drug-likeness (QED) is 0.427. The van der Waals surface area contributed by atoms with Gasteiger partial charge in [-0.3, -0.25) is 9.59 Å². The second kappa shape index (κ2) is 11.0. The Morgan fingerprint density at radius 2 is 1.53 bits per heavy atom. The van der Waals surface area contributed by atoms with E-state index in [1.807, 2.05) is 29.2 Å². The molecule has 0 radical (unpaired) electrons. The molecule has 1 aliphatic rings. The lowest BCUT2D eigenvalue weighted by molar-refractivity contribution is -0.114. The Labute approximate surface area is 209 Å². The number of hydrogen-bond acceptors (Lipinski definition) is 3. The maximum Gasteiger partial charge on any atom is 0.253 e. The van der Waals surface area contributed by atoms with E-state index < -0.39 is 0 Å². The molecule has 3 aromatic rings. The first-order valence-electron chi connectivity index (χ1n) is 11.2. The number of nitrogens with one attached hydrogen (secondary N) is 1. The van der Waals surface area contributed by atoms with Crippen molar-refractivity contribution >= 4 is 40.7 Å². The SMILES string of the molecule is CC(=O)Nc1ccc(-c2ccc(COC3CCN(C(=O)c4ccc(Cl)c(Cl)c4)CC3)cc2)cc1. The molecule has 1 aliphatic heterocycles. The fourth-order valence-electron chi connectivity index (χ4n) is 3.99. The standard InChI is InChI=1S/C27H26Cl2N2O3/c1-18(32)30-23-9-6-21(7-10-23)20-4-2-19(3-5-20)17-34-24-12-14-31(15-13-24)27(33)22-8-11-25(28)26(29)16-22/h2-11,16,24H,12-15,17H2,1H3,(H,30,32). The first kappa shape index (κ1) is 24.3. The molecule has 1 saturated heterocycles. The lowest BCUT2D eigenvalue weighted by Gasteiger charge is -2.32. The van der Waals surface area contributed by atoms with Crippen molar-refractivity contribution in [2.24, 2.45) is 0 Å². The van der Waals surface area contributed by atoms with Crippen LogP contribution < -0.4 is 5.32 Å². The highest BCUT2D eigenvalue weighted by Crippen LogP contribution is 2.25. The van der Waals surface area contributed by atoms with Gasteiger partial charge >= 0.3 is 0 Å². The van der Waals surface area contributed by atoms with Gasteiger partial charge in [0.1, 0.15) is 0 Å². The third-order valence-electron chi connectivity index (χ3n) is 5.87. The number of carbonyl (C=O) groups is 2. The van der Waals surface area contributed by atoms with E-state index in [2.05, 4.69) is 29.6 Å². The minimum atomic E-state index is -0.0825. The van der Waals surface area contributed by atoms with E-state index in [-0.39, 0.29) is 17.9 Å². The molecule has 0 aliphatic carbocycles. The van der Waals surface area contributed by atoms with E-state index in [1.54, 1.807) is 18.2 Å². The van der Waals surface area contributed by atoms with E-state index in [0.29, 0.717) is 35.3 Å². The Hall–Kier alpha value is -2.86. The number of likely N-dealkylation sites (tertiary alicyclic amines) is 1. The molecule has 4 rings (SSSR count). The topological polar surface area (TPSA) is 58.6 Å². The molecule has 1 N–H and O–H groups in total. The molecule has 176 valence electrons. The third kappa shape index (κ3) is 6.17. The lowest BCUT2D eigenvalue weighted by atomic mass is 10.0. The predicted molar refractivity (Wildman–Crippen MR) is 136 cm³/mol. The molecular weight excluding hydrogens is 471 g/mol. The molecule has 0 aromatic heterocycles. The smallest absolute Gasteiger partial charge is 0.253 e. The zero-order valence-electron chi connectivity index (χ0n) is 18.9. The third-order valence-corrected chi connectivity index (χ3v) is 6.61. The second-order valence-corrected chi connectivity index (χ2v) is 9.20. The van der Waals surface area contributed by atoms with Gasteiger partial charge in [-0.1, -0.05) is 59.6 Å². The van der Waals surface area contributed by atoms with Crippen LogP contribution in [0.25, 0.3) is 11.1 Å². The average molecular weight is 497 g/mol. The van der Waals surface area contributed by atoms with Crippen LogP contribution in [0.1, 0.15) is 35.7 Å². The Kier molecular flexibility index (Phi) is 7.88. The van der Waals surface area contributed by atoms with E-state index in [1.165, 1.54) is 6.92 Å². The fourth-order valence-corrected chi connectivity index (χ4v) is 4.29. The van der Waals surface area contributed by atoms with Gasteiger partial charge < -0.3 is 15.0 Å². The molecule has 7 heteroatoms. The number of halogens is 2. The van der Waals surface area contributed by atoms with Crippen molar-refractivity contribution in [2.45, 2.75) is 32.5 Å². The van der Waals surface area contributed by atoms with E-state index in [0.717, 1.165) is 35.2 Å². The summed E-state index contributed by atoms with van der Waals surface area (Å²) < 4.78 is 6.12. The van der Waals surface area contributed by atoms with Crippen LogP contribution in [0.4, 0.5) is 5.69 Å². The summed E-state index contributed by atoms with van der Waals surface area (Å²) in [5.41, 5.74) is 4.63. The van der Waals surface area contributed by atoms with Crippen LogP contribution in [0.3, 0.4) is 0 Å². The Bertz CT molecular complexity index is 1160. The van der Waals surface area contributed by atoms with Crippen LogP contribution in [-0.2, 0) is 16.1 Å². The van der Waals surface area contributed by atoms with Gasteiger partial charge in [-0.2, -0.15) is 0 Å². The van der Waals surface area contributed by atoms with Gasteiger partial charge in [0, 0.05) is 31.3 Å². The molecule has 0 saturated carbocycles. The second-order valence-electron chi connectivity index (χ2n) is 8.39. The first-order chi connectivity index (χ1) is 16.4. The van der Waals surface area contributed by atoms with Crippen LogP contribution in [0.5, 0.6) is 0 Å². The summed E-state index contributed by atoms with van der Waals surface area (Å²) in [7, 11) is 0. The van der Waals surface area contributed by atoms with Crippen LogP contribution >= 0.6 is 23.2 Å². The Balaban J connectivity index is 1.25. The van der Waals surface area contributed by atoms with Gasteiger partial charge in [0.15, 0.2) is 0 Å². The van der Waals surface area contributed by atoms with Crippen LogP contribution in [0.2, 0.25) is 10.0 Å². The zero-order valence-corrected chi connectivity index (χ0v) is 20.4. The number of anilines is 1. The van der Waals surface area contributed by atoms with Gasteiger partial charge in [0.2, 0.25) is 5.91 Å². The molecular formula is C27H26Cl2N2O3. The van der Waals surface area contributed by atoms with E-state index in [9.17, 15) is 9.59 Å². The number of ether oxygens (including phenoxy) is 1. The van der Waals surface area contributed by atoms with Crippen molar-refractivity contribution in [3.63, 3.8) is 0 Å². The maximum atomic E-state index is 12.7. The van der Waals surface area contributed by atoms with E-state index >= 15 is 0 Å². The van der Waals surface area contributed by atoms with Gasteiger partial charge in [-0.15, -0.1) is 0 Å². The number of rotatable bonds is 6. The molecule has 0 atom stereocenters. The monoisotopic (exact) mass is 496 g/mol. The van der Waals surface area contributed by atoms with Crippen molar-refractivity contribution in [1.29, 1.82) is 0 Å². The molecule has 3 aromatic carbocycles. The summed E-state index contributed by atoms with van der Waals surface area (Å²) in [6.07, 6.45) is 1.72. The van der Waals surface area contributed by atoms with Gasteiger partial charge in [0.05, 0.1) is 22.8 Å². The molecule has 1 fully saturated rings. The zero-order chi connectivity index (χ0) is 24.1. The Morgan fingerprint density at radius 3 is 2.12 bits per heavy atom. The minimum Gasteiger partial charge on any atom is -0.373 e. The predicted octanol–water partition coefficient (Wildman–Crippen LogP) is 6.44. The number of amides is 2. The minimum absolute atomic E-state index is 0.0299. The molecule has 0 unspecified atom stereocenters. The average Bonchev–Trinajstić information content (AvgIpc) is 2.85. The van der Waals surface area contributed by atoms with Crippen molar-refractivity contribution in [1.82, 2.24) is 4.90 Å². The summed E-state index contributed by atoms with van der Waals surface area (Å²) in [5, 5.41) is 3.61. The molecule has 5 nitrogen and oxygen atoms in total. The van der Waals surface area contributed by atoms with Gasteiger partial charge in [-0.05, 0) is 59.9 Å². The highest BCUT2D eigenvalue weighted by atomic mass is 35.5. The highest BCUT2D eigenvalue weighted by Gasteiger charge is 2.24. The van der Waals surface area contributed by atoms with Crippen LogP contribution in [0.15, 0.2) is 66.7 Å². The van der Waals surface area contributed by atoms with Crippen molar-refractivity contribution < 1.29 is 14.3 Å². The van der Waals surface area contributed by atoms with Crippen molar-refractivity contribution in [3.8, 4) is 11.1 Å². The fraction of sp³-hybridized carbons (Fsp3) is 0.259. The van der Waals surface area contributed by atoms with E-state index in [4.69, 9.17) is 27.9 Å². The van der Waals surface area contributed by atoms with Crippen LogP contribution in [-0.4, -0.2) is 35.9 Å². The van der Waals surface area contributed by atoms with Crippen molar-refractivity contribution in [3.05, 3.63) is 87.9 Å². The number of hydrogen-bond donors (Lipinski definition) is 1. The lowest BCUT2D eigenvalue weighted by Crippen LogP contribution is -2.40. The number of carbonyl (C=O) groups excluding carboxylic acids is 2. The molecule has 34 heavy (non-hydrogen) atoms. The number of benzene rings is 3. The molecule has 1 heterocycles.